The molecule has 46 heavy (non-hydrogen) atoms. The number of esters is 1. The maximum atomic E-state index is 13.1. The Labute approximate surface area is 275 Å². The van der Waals surface area contributed by atoms with Crippen LogP contribution in [-0.2, 0) is 14.3 Å². The third kappa shape index (κ3) is 4.71. The van der Waals surface area contributed by atoms with Gasteiger partial charge in [0.05, 0.1) is 12.5 Å². The molecule has 0 radical (unpaired) electrons. The summed E-state index contributed by atoms with van der Waals surface area (Å²) in [7, 11) is 1.50. The minimum Gasteiger partial charge on any atom is -0.504 e. The van der Waals surface area contributed by atoms with Gasteiger partial charge in [0.15, 0.2) is 11.5 Å². The number of phenolic OH excluding ortho intramolecular Hbond substituents is 1. The molecule has 8 unspecified atom stereocenters. The van der Waals surface area contributed by atoms with Crippen LogP contribution in [0, 0.1) is 44.3 Å². The fraction of sp³-hybridized carbons (Fsp3) is 0.650. The Hall–Kier alpha value is -3.02. The predicted molar refractivity (Wildman–Crippen MR) is 180 cm³/mol. The Kier molecular flexibility index (Phi) is 7.69. The molecule has 3 saturated carbocycles. The van der Waals surface area contributed by atoms with Crippen LogP contribution in [0.15, 0.2) is 47.6 Å². The van der Waals surface area contributed by atoms with Gasteiger partial charge in [0, 0.05) is 11.5 Å². The second-order valence-corrected chi connectivity index (χ2v) is 17.2. The van der Waals surface area contributed by atoms with E-state index in [1.807, 2.05) is 6.92 Å². The average molecular weight is 631 g/mol. The average Bonchev–Trinajstić information content (AvgIpc) is 3.00. The zero-order valence-corrected chi connectivity index (χ0v) is 29.2. The summed E-state index contributed by atoms with van der Waals surface area (Å²) >= 11 is 0. The van der Waals surface area contributed by atoms with Crippen LogP contribution in [0.4, 0.5) is 0 Å². The van der Waals surface area contributed by atoms with Crippen molar-refractivity contribution in [3.63, 3.8) is 0 Å². The molecule has 5 aliphatic rings. The van der Waals surface area contributed by atoms with Gasteiger partial charge >= 0.3 is 11.9 Å². The second kappa shape index (κ2) is 10.8. The number of carbonyl (C=O) groups is 2. The van der Waals surface area contributed by atoms with E-state index >= 15 is 0 Å². The van der Waals surface area contributed by atoms with Crippen LogP contribution in [0.5, 0.6) is 11.5 Å². The van der Waals surface area contributed by atoms with Gasteiger partial charge in [-0.3, -0.25) is 4.79 Å². The van der Waals surface area contributed by atoms with Crippen LogP contribution < -0.4 is 4.74 Å². The van der Waals surface area contributed by atoms with Crippen molar-refractivity contribution >= 4 is 18.0 Å². The van der Waals surface area contributed by atoms with Crippen LogP contribution in [0.1, 0.15) is 112 Å². The number of hydrogen-bond acceptors (Lipinski definition) is 5. The Morgan fingerprint density at radius 2 is 1.63 bits per heavy atom. The number of phenols is 1. The standard InChI is InChI=1S/C40H54O6/c1-35(2)30-13-11-27-26(15-18-40(7)31-24-37(4,34(43)44)20-19-36(31,3)21-22-39(27,40)6)38(30,5)17-16-32(35)46-33(42)14-10-25-9-12-28(41)29(23-25)45-8/h9-12,14-15,23,30-32,41H,13,16-22,24H2,1-8H3,(H,43,44). The lowest BCUT2D eigenvalue weighted by Gasteiger charge is -2.68. The summed E-state index contributed by atoms with van der Waals surface area (Å²) in [6.07, 6.45) is 16.6. The molecule has 0 spiro atoms. The molecule has 0 aromatic heterocycles. The van der Waals surface area contributed by atoms with Gasteiger partial charge in [0.2, 0.25) is 0 Å². The zero-order chi connectivity index (χ0) is 33.5. The number of aromatic hydroxyl groups is 1. The number of rotatable bonds is 5. The third-order valence-electron chi connectivity index (χ3n) is 14.6. The molecule has 0 amide bonds. The quantitative estimate of drug-likeness (QED) is 0.249. The molecule has 1 aromatic carbocycles. The van der Waals surface area contributed by atoms with Crippen LogP contribution in [0.3, 0.4) is 0 Å². The number of aliphatic carboxylic acids is 1. The lowest BCUT2D eigenvalue weighted by molar-refractivity contribution is -0.172. The number of carboxylic acid groups (broad SMARTS) is 1. The molecule has 6 nitrogen and oxygen atoms in total. The summed E-state index contributed by atoms with van der Waals surface area (Å²) in [4.78, 5) is 25.5. The van der Waals surface area contributed by atoms with Gasteiger partial charge in [0.25, 0.3) is 0 Å². The summed E-state index contributed by atoms with van der Waals surface area (Å²) in [6.45, 7) is 16.4. The first-order valence-electron chi connectivity index (χ1n) is 17.3. The van der Waals surface area contributed by atoms with Crippen LogP contribution in [0.25, 0.3) is 6.08 Å². The topological polar surface area (TPSA) is 93.1 Å². The smallest absolute Gasteiger partial charge is 0.331 e. The Morgan fingerprint density at radius 1 is 0.913 bits per heavy atom. The zero-order valence-electron chi connectivity index (χ0n) is 29.2. The van der Waals surface area contributed by atoms with E-state index in [0.29, 0.717) is 17.6 Å². The first-order chi connectivity index (χ1) is 21.4. The summed E-state index contributed by atoms with van der Waals surface area (Å²) in [5.41, 5.74) is 3.07. The van der Waals surface area contributed by atoms with Gasteiger partial charge in [-0.2, -0.15) is 0 Å². The Bertz CT molecular complexity index is 1530. The SMILES string of the molecule is COc1cc(C=CC(=O)OC2CCC3(C)C4=CCC5(C)C6CC(C)(C(=O)O)CCC6(C)CCC5(C)C4=CCC3C2(C)C)ccc1O. The van der Waals surface area contributed by atoms with Crippen molar-refractivity contribution in [2.45, 2.75) is 112 Å². The summed E-state index contributed by atoms with van der Waals surface area (Å²) in [5.74, 6) is 0.118. The van der Waals surface area contributed by atoms with Crippen molar-refractivity contribution in [3.05, 3.63) is 53.1 Å². The molecule has 6 rings (SSSR count). The highest BCUT2D eigenvalue weighted by atomic mass is 16.5. The summed E-state index contributed by atoms with van der Waals surface area (Å²) in [6, 6.07) is 4.98. The number of fused-ring (bicyclic) bond motifs is 7. The van der Waals surface area contributed by atoms with E-state index in [1.54, 1.807) is 24.3 Å². The van der Waals surface area contributed by atoms with Gasteiger partial charge in [-0.1, -0.05) is 59.8 Å². The van der Waals surface area contributed by atoms with Crippen molar-refractivity contribution in [3.8, 4) is 11.5 Å². The predicted octanol–water partition coefficient (Wildman–Crippen LogP) is 9.13. The highest BCUT2D eigenvalue weighted by Gasteiger charge is 2.66. The van der Waals surface area contributed by atoms with E-state index in [4.69, 9.17) is 9.47 Å². The van der Waals surface area contributed by atoms with Crippen LogP contribution >= 0.6 is 0 Å². The molecule has 0 heterocycles. The normalized spacial score (nSPS) is 41.2. The first kappa shape index (κ1) is 32.9. The molecule has 8 atom stereocenters. The number of allylic oxidation sites excluding steroid dienone is 4. The van der Waals surface area contributed by atoms with Crippen molar-refractivity contribution in [2.75, 3.05) is 7.11 Å². The summed E-state index contributed by atoms with van der Waals surface area (Å²) in [5, 5.41) is 20.1. The van der Waals surface area contributed by atoms with Crippen LogP contribution in [0.2, 0.25) is 0 Å². The molecule has 1 aromatic rings. The fourth-order valence-electron chi connectivity index (χ4n) is 11.1. The molecule has 5 aliphatic carbocycles. The van der Waals surface area contributed by atoms with Crippen molar-refractivity contribution in [2.24, 2.45) is 44.3 Å². The number of benzene rings is 1. The molecule has 0 bridgehead atoms. The first-order valence-corrected chi connectivity index (χ1v) is 17.3. The van der Waals surface area contributed by atoms with E-state index in [-0.39, 0.29) is 44.9 Å². The molecule has 6 heteroatoms. The van der Waals surface area contributed by atoms with E-state index in [1.165, 1.54) is 24.3 Å². The van der Waals surface area contributed by atoms with Crippen molar-refractivity contribution in [1.82, 2.24) is 0 Å². The molecule has 0 aliphatic heterocycles. The maximum Gasteiger partial charge on any atom is 0.331 e. The van der Waals surface area contributed by atoms with Gasteiger partial charge in [0.1, 0.15) is 6.10 Å². The van der Waals surface area contributed by atoms with E-state index in [0.717, 1.165) is 63.4 Å². The van der Waals surface area contributed by atoms with E-state index < -0.39 is 11.4 Å². The van der Waals surface area contributed by atoms with Crippen molar-refractivity contribution in [1.29, 1.82) is 0 Å². The molecular formula is C40H54O6. The lowest BCUT2D eigenvalue weighted by Crippen LogP contribution is -2.61. The highest BCUT2D eigenvalue weighted by Crippen LogP contribution is 2.74. The number of ether oxygens (including phenoxy) is 2. The second-order valence-electron chi connectivity index (χ2n) is 17.2. The van der Waals surface area contributed by atoms with Crippen molar-refractivity contribution < 1.29 is 29.3 Å². The number of methoxy groups -OCH3 is 1. The minimum absolute atomic E-state index is 0.00115. The third-order valence-corrected chi connectivity index (χ3v) is 14.6. The van der Waals surface area contributed by atoms with Crippen LogP contribution in [-0.4, -0.2) is 35.4 Å². The molecule has 0 saturated heterocycles. The Morgan fingerprint density at radius 3 is 2.33 bits per heavy atom. The largest absolute Gasteiger partial charge is 0.504 e. The van der Waals surface area contributed by atoms with E-state index in [9.17, 15) is 19.8 Å². The van der Waals surface area contributed by atoms with Gasteiger partial charge in [-0.05, 0) is 133 Å². The molecular weight excluding hydrogens is 576 g/mol. The monoisotopic (exact) mass is 630 g/mol. The molecule has 2 N–H and O–H groups in total. The molecule has 3 fully saturated rings. The Balaban J connectivity index is 1.25. The molecule has 250 valence electrons. The summed E-state index contributed by atoms with van der Waals surface area (Å²) < 4.78 is 11.4. The van der Waals surface area contributed by atoms with Gasteiger partial charge in [-0.15, -0.1) is 0 Å². The van der Waals surface area contributed by atoms with E-state index in [2.05, 4.69) is 53.7 Å². The maximum absolute atomic E-state index is 13.1. The van der Waals surface area contributed by atoms with Gasteiger partial charge in [-0.25, -0.2) is 4.79 Å². The lowest BCUT2D eigenvalue weighted by atomic mass is 9.35. The van der Waals surface area contributed by atoms with Gasteiger partial charge < -0.3 is 19.7 Å². The number of carboxylic acids is 1. The minimum atomic E-state index is -0.653. The fourth-order valence-corrected chi connectivity index (χ4v) is 11.1. The highest BCUT2D eigenvalue weighted by molar-refractivity contribution is 5.87. The number of carbonyl (C=O) groups excluding carboxylic acids is 1. The number of hydrogen-bond donors (Lipinski definition) is 2.